The van der Waals surface area contributed by atoms with Crippen molar-refractivity contribution in [2.45, 2.75) is 58.2 Å². The van der Waals surface area contributed by atoms with Gasteiger partial charge in [-0.25, -0.2) is 0 Å². The van der Waals surface area contributed by atoms with Crippen molar-refractivity contribution in [3.8, 4) is 0 Å². The molecule has 1 saturated heterocycles. The molecule has 198 valence electrons. The SMILES string of the molecule is CCOC(=O)CCCN(Cc1ccc2c(c1)CN=C2)C(=O)C1(C)CCN1C(=O)Cc1coc2ccccc12. The molecule has 2 aromatic carbocycles. The molecular weight excluding hydrogens is 482 g/mol. The van der Waals surface area contributed by atoms with Gasteiger partial charge in [-0.2, -0.15) is 0 Å². The number of aliphatic imine (C=N–C) groups is 1. The molecule has 0 N–H and O–H groups in total. The molecule has 3 heterocycles. The first-order valence-electron chi connectivity index (χ1n) is 13.2. The zero-order chi connectivity index (χ0) is 26.7. The van der Waals surface area contributed by atoms with E-state index in [9.17, 15) is 14.4 Å². The van der Waals surface area contributed by atoms with Gasteiger partial charge in [-0.3, -0.25) is 19.4 Å². The number of carbonyl (C=O) groups is 3. The van der Waals surface area contributed by atoms with Crippen LogP contribution in [-0.4, -0.2) is 59.0 Å². The summed E-state index contributed by atoms with van der Waals surface area (Å²) in [5, 5.41) is 0.913. The number of benzene rings is 2. The molecule has 2 aliphatic rings. The molecule has 0 radical (unpaired) electrons. The number of ether oxygens (including phenoxy) is 1. The van der Waals surface area contributed by atoms with Crippen molar-refractivity contribution in [2.75, 3.05) is 19.7 Å². The zero-order valence-electron chi connectivity index (χ0n) is 21.9. The molecule has 0 spiro atoms. The number of nitrogens with zero attached hydrogens (tertiary/aromatic N) is 3. The number of carbonyl (C=O) groups excluding carboxylic acids is 3. The highest BCUT2D eigenvalue weighted by Gasteiger charge is 2.50. The van der Waals surface area contributed by atoms with Crippen LogP contribution in [0.1, 0.15) is 55.4 Å². The Morgan fingerprint density at radius 1 is 1.18 bits per heavy atom. The van der Waals surface area contributed by atoms with Gasteiger partial charge in [-0.05, 0) is 49.4 Å². The Kier molecular flexibility index (Phi) is 7.31. The maximum absolute atomic E-state index is 14.0. The van der Waals surface area contributed by atoms with Gasteiger partial charge in [0.05, 0.1) is 25.8 Å². The van der Waals surface area contributed by atoms with Crippen LogP contribution >= 0.6 is 0 Å². The van der Waals surface area contributed by atoms with Gasteiger partial charge < -0.3 is 19.0 Å². The van der Waals surface area contributed by atoms with Gasteiger partial charge in [-0.1, -0.05) is 36.4 Å². The fraction of sp³-hybridized carbons (Fsp3) is 0.400. The second kappa shape index (κ2) is 10.8. The van der Waals surface area contributed by atoms with E-state index in [1.54, 1.807) is 23.0 Å². The van der Waals surface area contributed by atoms with E-state index in [4.69, 9.17) is 9.15 Å². The second-order valence-corrected chi connectivity index (χ2v) is 10.1. The van der Waals surface area contributed by atoms with E-state index in [-0.39, 0.29) is 30.6 Å². The van der Waals surface area contributed by atoms with Crippen LogP contribution in [0.15, 0.2) is 58.1 Å². The van der Waals surface area contributed by atoms with Crippen LogP contribution in [0.25, 0.3) is 11.0 Å². The molecule has 5 rings (SSSR count). The van der Waals surface area contributed by atoms with E-state index in [2.05, 4.69) is 11.1 Å². The molecule has 1 atom stereocenters. The largest absolute Gasteiger partial charge is 0.466 e. The van der Waals surface area contributed by atoms with Gasteiger partial charge in [0.25, 0.3) is 0 Å². The minimum atomic E-state index is -0.930. The van der Waals surface area contributed by atoms with E-state index < -0.39 is 5.54 Å². The number of esters is 1. The van der Waals surface area contributed by atoms with Crippen molar-refractivity contribution >= 4 is 35.0 Å². The molecule has 38 heavy (non-hydrogen) atoms. The van der Waals surface area contributed by atoms with E-state index in [1.165, 1.54) is 0 Å². The smallest absolute Gasteiger partial charge is 0.305 e. The van der Waals surface area contributed by atoms with Crippen molar-refractivity contribution in [1.29, 1.82) is 0 Å². The molecule has 2 aliphatic heterocycles. The summed E-state index contributed by atoms with van der Waals surface area (Å²) in [6.07, 6.45) is 4.99. The number of likely N-dealkylation sites (tertiary alicyclic amines) is 1. The van der Waals surface area contributed by atoms with Crippen molar-refractivity contribution in [1.82, 2.24) is 9.80 Å². The number of hydrogen-bond acceptors (Lipinski definition) is 6. The first-order valence-corrected chi connectivity index (χ1v) is 13.2. The summed E-state index contributed by atoms with van der Waals surface area (Å²) >= 11 is 0. The predicted molar refractivity (Wildman–Crippen MR) is 144 cm³/mol. The summed E-state index contributed by atoms with van der Waals surface area (Å²) in [6.45, 7) is 5.93. The molecule has 1 fully saturated rings. The van der Waals surface area contributed by atoms with Crippen LogP contribution < -0.4 is 0 Å². The van der Waals surface area contributed by atoms with E-state index in [0.717, 1.165) is 33.2 Å². The van der Waals surface area contributed by atoms with Crippen LogP contribution in [0, 0.1) is 0 Å². The van der Waals surface area contributed by atoms with Crippen LogP contribution in [0.5, 0.6) is 0 Å². The zero-order valence-corrected chi connectivity index (χ0v) is 21.9. The second-order valence-electron chi connectivity index (χ2n) is 10.1. The van der Waals surface area contributed by atoms with E-state index >= 15 is 0 Å². The summed E-state index contributed by atoms with van der Waals surface area (Å²) in [6, 6.07) is 13.8. The molecule has 1 unspecified atom stereocenters. The van der Waals surface area contributed by atoms with Gasteiger partial charge >= 0.3 is 5.97 Å². The maximum atomic E-state index is 14.0. The lowest BCUT2D eigenvalue weighted by molar-refractivity contribution is -0.164. The fourth-order valence-corrected chi connectivity index (χ4v) is 5.33. The maximum Gasteiger partial charge on any atom is 0.305 e. The minimum Gasteiger partial charge on any atom is -0.466 e. The fourth-order valence-electron chi connectivity index (χ4n) is 5.33. The van der Waals surface area contributed by atoms with Crippen molar-refractivity contribution in [3.05, 3.63) is 71.0 Å². The lowest BCUT2D eigenvalue weighted by atomic mass is 9.84. The number of furan rings is 1. The number of rotatable bonds is 10. The number of hydrogen-bond donors (Lipinski definition) is 0. The Morgan fingerprint density at radius 2 is 2.03 bits per heavy atom. The van der Waals surface area contributed by atoms with E-state index in [1.807, 2.05) is 49.5 Å². The van der Waals surface area contributed by atoms with Crippen LogP contribution in [-0.2, 0) is 38.6 Å². The lowest BCUT2D eigenvalue weighted by Gasteiger charge is -2.51. The standard InChI is InChI=1S/C30H33N3O5/c1-3-37-28(35)9-6-13-32(19-21-10-11-22-17-31-18-23(22)15-21)29(36)30(2)12-14-33(30)27(34)16-24-20-38-26-8-5-4-7-25(24)26/h4-5,7-8,10-11,15,17,20H,3,6,9,12-14,16,18-19H2,1-2H3. The molecule has 3 aromatic rings. The van der Waals surface area contributed by atoms with Gasteiger partial charge in [0.2, 0.25) is 11.8 Å². The van der Waals surface area contributed by atoms with Crippen molar-refractivity contribution in [2.24, 2.45) is 4.99 Å². The predicted octanol–water partition coefficient (Wildman–Crippen LogP) is 4.27. The van der Waals surface area contributed by atoms with Gasteiger partial charge in [0.1, 0.15) is 11.1 Å². The van der Waals surface area contributed by atoms with Crippen LogP contribution in [0.3, 0.4) is 0 Å². The van der Waals surface area contributed by atoms with Crippen LogP contribution in [0.2, 0.25) is 0 Å². The third-order valence-electron chi connectivity index (χ3n) is 7.56. The molecule has 1 aromatic heterocycles. The van der Waals surface area contributed by atoms with Crippen LogP contribution in [0.4, 0.5) is 0 Å². The molecule has 0 bridgehead atoms. The molecule has 0 saturated carbocycles. The molecular formula is C30H33N3O5. The third-order valence-corrected chi connectivity index (χ3v) is 7.56. The molecule has 2 amide bonds. The highest BCUT2D eigenvalue weighted by atomic mass is 16.5. The average Bonchev–Trinajstić information content (AvgIpc) is 3.53. The topological polar surface area (TPSA) is 92.4 Å². The Hall–Kier alpha value is -3.94. The van der Waals surface area contributed by atoms with E-state index in [0.29, 0.717) is 45.6 Å². The third kappa shape index (κ3) is 5.08. The Balaban J connectivity index is 1.31. The monoisotopic (exact) mass is 515 g/mol. The van der Waals surface area contributed by atoms with Crippen molar-refractivity contribution < 1.29 is 23.5 Å². The summed E-state index contributed by atoms with van der Waals surface area (Å²) < 4.78 is 10.7. The highest BCUT2D eigenvalue weighted by Crippen LogP contribution is 2.34. The summed E-state index contributed by atoms with van der Waals surface area (Å²) in [4.78, 5) is 47.1. The number of amides is 2. The normalized spacial score (nSPS) is 17.8. The van der Waals surface area contributed by atoms with Gasteiger partial charge in [0, 0.05) is 43.2 Å². The average molecular weight is 516 g/mol. The molecule has 8 nitrogen and oxygen atoms in total. The highest BCUT2D eigenvalue weighted by molar-refractivity contribution is 5.95. The summed E-state index contributed by atoms with van der Waals surface area (Å²) in [7, 11) is 0. The summed E-state index contributed by atoms with van der Waals surface area (Å²) in [5.41, 5.74) is 3.87. The molecule has 8 heteroatoms. The Bertz CT molecular complexity index is 1390. The van der Waals surface area contributed by atoms with Gasteiger partial charge in [0.15, 0.2) is 0 Å². The first-order chi connectivity index (χ1) is 18.4. The lowest BCUT2D eigenvalue weighted by Crippen LogP contribution is -2.68. The van der Waals surface area contributed by atoms with Gasteiger partial charge in [-0.15, -0.1) is 0 Å². The Labute approximate surface area is 222 Å². The van der Waals surface area contributed by atoms with Crippen molar-refractivity contribution in [3.63, 3.8) is 0 Å². The molecule has 0 aliphatic carbocycles. The number of fused-ring (bicyclic) bond motifs is 2. The minimum absolute atomic E-state index is 0.0974. The Morgan fingerprint density at radius 3 is 2.82 bits per heavy atom. The quantitative estimate of drug-likeness (QED) is 0.376. The summed E-state index contributed by atoms with van der Waals surface area (Å²) in [5.74, 6) is -0.469. The number of para-hydroxylation sites is 1. The first kappa shape index (κ1) is 25.7.